The summed E-state index contributed by atoms with van der Waals surface area (Å²) < 4.78 is 6.59. The predicted molar refractivity (Wildman–Crippen MR) is 132 cm³/mol. The Morgan fingerprint density at radius 1 is 0.735 bits per heavy atom. The van der Waals surface area contributed by atoms with Crippen LogP contribution in [0.5, 0.6) is 11.5 Å². The van der Waals surface area contributed by atoms with Crippen molar-refractivity contribution in [3.63, 3.8) is 0 Å². The van der Waals surface area contributed by atoms with E-state index in [0.717, 1.165) is 38.2 Å². The Balaban J connectivity index is 1.72. The molecule has 0 aliphatic carbocycles. The van der Waals surface area contributed by atoms with E-state index in [1.807, 2.05) is 97.1 Å². The number of para-hydroxylation sites is 1. The van der Waals surface area contributed by atoms with Crippen molar-refractivity contribution in [2.75, 3.05) is 4.90 Å². The standard InChI is InChI=1S/C30H19NO3/c1-18(32)31-25-13-7-6-12-23(25)30(29(31)33)24-16-14-20-9-3-5-11-22(20)28(24)34-26-17-15-19-8-2-4-10-21(19)27(26)30/h2-17H,1H3/t30-/m1/s1. The molecule has 5 aromatic carbocycles. The molecule has 2 amide bonds. The fraction of sp³-hybridized carbons (Fsp3) is 0.0667. The minimum Gasteiger partial charge on any atom is -0.456 e. The summed E-state index contributed by atoms with van der Waals surface area (Å²) in [5.74, 6) is 0.731. The highest BCUT2D eigenvalue weighted by atomic mass is 16.5. The minimum absolute atomic E-state index is 0.265. The molecule has 7 rings (SSSR count). The van der Waals surface area contributed by atoms with Crippen LogP contribution in [0.1, 0.15) is 23.6 Å². The summed E-state index contributed by atoms with van der Waals surface area (Å²) in [6, 6.07) is 31.6. The summed E-state index contributed by atoms with van der Waals surface area (Å²) in [6.07, 6.45) is 0. The minimum atomic E-state index is -1.20. The third-order valence-corrected chi connectivity index (χ3v) is 7.15. The summed E-state index contributed by atoms with van der Waals surface area (Å²) in [5, 5.41) is 3.92. The van der Waals surface area contributed by atoms with E-state index in [9.17, 15) is 9.59 Å². The smallest absolute Gasteiger partial charge is 0.253 e. The lowest BCUT2D eigenvalue weighted by molar-refractivity contribution is -0.126. The highest BCUT2D eigenvalue weighted by Crippen LogP contribution is 2.60. The van der Waals surface area contributed by atoms with Gasteiger partial charge in [0.05, 0.1) is 5.69 Å². The van der Waals surface area contributed by atoms with E-state index in [-0.39, 0.29) is 11.8 Å². The normalized spacial score (nSPS) is 18.0. The number of hydrogen-bond acceptors (Lipinski definition) is 3. The number of amides is 2. The van der Waals surface area contributed by atoms with E-state index in [4.69, 9.17) is 4.74 Å². The first-order valence-corrected chi connectivity index (χ1v) is 11.3. The molecule has 4 heteroatoms. The largest absolute Gasteiger partial charge is 0.456 e. The van der Waals surface area contributed by atoms with Gasteiger partial charge in [-0.15, -0.1) is 0 Å². The fourth-order valence-electron chi connectivity index (χ4n) is 5.81. The number of fused-ring (bicyclic) bond motifs is 10. The lowest BCUT2D eigenvalue weighted by Crippen LogP contribution is -2.45. The lowest BCUT2D eigenvalue weighted by atomic mass is 9.66. The molecule has 0 radical (unpaired) electrons. The second-order valence-corrected chi connectivity index (χ2v) is 8.85. The monoisotopic (exact) mass is 441 g/mol. The van der Waals surface area contributed by atoms with E-state index in [1.165, 1.54) is 11.8 Å². The van der Waals surface area contributed by atoms with Crippen molar-refractivity contribution in [2.45, 2.75) is 12.3 Å². The summed E-state index contributed by atoms with van der Waals surface area (Å²) in [5.41, 5.74) is 1.77. The van der Waals surface area contributed by atoms with Crippen molar-refractivity contribution >= 4 is 39.0 Å². The highest BCUT2D eigenvalue weighted by Gasteiger charge is 2.59. The van der Waals surface area contributed by atoms with Gasteiger partial charge in [0.1, 0.15) is 16.9 Å². The molecule has 2 aliphatic heterocycles. The molecule has 2 heterocycles. The fourth-order valence-corrected chi connectivity index (χ4v) is 5.81. The topological polar surface area (TPSA) is 46.6 Å². The van der Waals surface area contributed by atoms with Crippen LogP contribution in [0.15, 0.2) is 97.1 Å². The molecule has 162 valence electrons. The number of imide groups is 1. The highest BCUT2D eigenvalue weighted by molar-refractivity contribution is 6.26. The molecular formula is C30H19NO3. The second-order valence-electron chi connectivity index (χ2n) is 8.85. The molecule has 0 saturated carbocycles. The van der Waals surface area contributed by atoms with E-state index >= 15 is 0 Å². The average Bonchev–Trinajstić information content (AvgIpc) is 3.12. The first kappa shape index (κ1) is 19.1. The molecule has 0 unspecified atom stereocenters. The number of ether oxygens (including phenoxy) is 1. The number of hydrogen-bond donors (Lipinski definition) is 0. The van der Waals surface area contributed by atoms with Gasteiger partial charge in [-0.25, -0.2) is 4.90 Å². The zero-order chi connectivity index (χ0) is 23.0. The van der Waals surface area contributed by atoms with Crippen LogP contribution in [-0.4, -0.2) is 11.8 Å². The van der Waals surface area contributed by atoms with Crippen LogP contribution in [0.2, 0.25) is 0 Å². The Kier molecular flexibility index (Phi) is 3.67. The number of carbonyl (C=O) groups excluding carboxylic acids is 2. The first-order valence-electron chi connectivity index (χ1n) is 11.3. The Bertz CT molecular complexity index is 1700. The third kappa shape index (κ3) is 2.17. The maximum Gasteiger partial charge on any atom is 0.253 e. The van der Waals surface area contributed by atoms with Gasteiger partial charge in [-0.05, 0) is 28.3 Å². The molecular weight excluding hydrogens is 422 g/mol. The van der Waals surface area contributed by atoms with Crippen LogP contribution < -0.4 is 9.64 Å². The molecule has 1 atom stereocenters. The van der Waals surface area contributed by atoms with Crippen molar-refractivity contribution < 1.29 is 14.3 Å². The van der Waals surface area contributed by atoms with Crippen molar-refractivity contribution in [1.82, 2.24) is 0 Å². The summed E-state index contributed by atoms with van der Waals surface area (Å²) >= 11 is 0. The quantitative estimate of drug-likeness (QED) is 0.282. The van der Waals surface area contributed by atoms with E-state index in [0.29, 0.717) is 17.2 Å². The number of benzene rings is 5. The molecule has 1 spiro atoms. The van der Waals surface area contributed by atoms with Crippen molar-refractivity contribution in [3.8, 4) is 11.5 Å². The Morgan fingerprint density at radius 2 is 1.38 bits per heavy atom. The molecule has 0 fully saturated rings. The van der Waals surface area contributed by atoms with Crippen LogP contribution in [-0.2, 0) is 15.0 Å². The number of nitrogens with zero attached hydrogens (tertiary/aromatic N) is 1. The van der Waals surface area contributed by atoms with Crippen LogP contribution in [0.25, 0.3) is 21.5 Å². The number of rotatable bonds is 0. The molecule has 0 saturated heterocycles. The number of anilines is 1. The maximum absolute atomic E-state index is 14.5. The second kappa shape index (κ2) is 6.55. The van der Waals surface area contributed by atoms with Gasteiger partial charge in [0.2, 0.25) is 5.91 Å². The maximum atomic E-state index is 14.5. The molecule has 4 nitrogen and oxygen atoms in total. The van der Waals surface area contributed by atoms with Gasteiger partial charge in [-0.1, -0.05) is 84.9 Å². The van der Waals surface area contributed by atoms with Crippen molar-refractivity contribution in [3.05, 3.63) is 114 Å². The van der Waals surface area contributed by atoms with Gasteiger partial charge < -0.3 is 4.74 Å². The van der Waals surface area contributed by atoms with Crippen LogP contribution in [0, 0.1) is 0 Å². The van der Waals surface area contributed by atoms with Gasteiger partial charge in [0.15, 0.2) is 0 Å². The summed E-state index contributed by atoms with van der Waals surface area (Å²) in [6.45, 7) is 1.44. The third-order valence-electron chi connectivity index (χ3n) is 7.15. The van der Waals surface area contributed by atoms with Gasteiger partial charge >= 0.3 is 0 Å². The van der Waals surface area contributed by atoms with E-state index in [2.05, 4.69) is 0 Å². The Morgan fingerprint density at radius 3 is 2.18 bits per heavy atom. The SMILES string of the molecule is CC(=O)N1C(=O)[C@]2(c3ccccc31)c1ccc3ccccc3c1Oc1ccc3ccccc3c12. The molecule has 0 N–H and O–H groups in total. The summed E-state index contributed by atoms with van der Waals surface area (Å²) in [7, 11) is 0. The lowest BCUT2D eigenvalue weighted by Gasteiger charge is -2.37. The predicted octanol–water partition coefficient (Wildman–Crippen LogP) is 6.33. The van der Waals surface area contributed by atoms with E-state index in [1.54, 1.807) is 0 Å². The van der Waals surface area contributed by atoms with Gasteiger partial charge in [0, 0.05) is 29.0 Å². The van der Waals surface area contributed by atoms with Crippen molar-refractivity contribution in [2.24, 2.45) is 0 Å². The molecule has 0 bridgehead atoms. The average molecular weight is 441 g/mol. The Labute approximate surface area is 196 Å². The van der Waals surface area contributed by atoms with E-state index < -0.39 is 5.41 Å². The summed E-state index contributed by atoms with van der Waals surface area (Å²) in [4.78, 5) is 28.7. The van der Waals surface area contributed by atoms with Crippen molar-refractivity contribution in [1.29, 1.82) is 0 Å². The molecule has 34 heavy (non-hydrogen) atoms. The zero-order valence-corrected chi connectivity index (χ0v) is 18.4. The molecule has 5 aromatic rings. The number of carbonyl (C=O) groups is 2. The molecule has 2 aliphatic rings. The van der Waals surface area contributed by atoms with Gasteiger partial charge in [-0.3, -0.25) is 9.59 Å². The zero-order valence-electron chi connectivity index (χ0n) is 18.4. The van der Waals surface area contributed by atoms with Gasteiger partial charge in [-0.2, -0.15) is 0 Å². The molecule has 0 aromatic heterocycles. The van der Waals surface area contributed by atoms with Gasteiger partial charge in [0.25, 0.3) is 5.91 Å². The van der Waals surface area contributed by atoms with Crippen LogP contribution in [0.3, 0.4) is 0 Å². The first-order chi connectivity index (χ1) is 16.6. The Hall–Kier alpha value is -4.44. The van der Waals surface area contributed by atoms with Crippen LogP contribution in [0.4, 0.5) is 5.69 Å². The van der Waals surface area contributed by atoms with Crippen LogP contribution >= 0.6 is 0 Å².